The topological polar surface area (TPSA) is 46.2 Å². The average molecular weight is 202 g/mol. The first-order chi connectivity index (χ1) is 5.08. The third-order valence-electron chi connectivity index (χ3n) is 2.29. The Morgan fingerprint density at radius 2 is 2.08 bits per heavy atom. The minimum atomic E-state index is -1.50. The maximum atomic E-state index is 12.9. The molecule has 1 fully saturated rings. The van der Waals surface area contributed by atoms with E-state index in [1.165, 1.54) is 0 Å². The molecule has 0 saturated heterocycles. The molecule has 1 rings (SSSR count). The molecule has 0 aromatic heterocycles. The van der Waals surface area contributed by atoms with E-state index in [1.807, 2.05) is 0 Å². The number of halogens is 3. The van der Waals surface area contributed by atoms with Crippen LogP contribution in [0.3, 0.4) is 0 Å². The highest BCUT2D eigenvalue weighted by Crippen LogP contribution is 2.31. The first kappa shape index (κ1) is 12.1. The van der Waals surface area contributed by atoms with E-state index in [-0.39, 0.29) is 38.2 Å². The summed E-state index contributed by atoms with van der Waals surface area (Å²) >= 11 is 0. The molecular weight excluding hydrogens is 188 g/mol. The molecule has 1 saturated carbocycles. The Labute approximate surface area is 76.5 Å². The second-order valence-corrected chi connectivity index (χ2v) is 3.15. The van der Waals surface area contributed by atoms with Crippen molar-refractivity contribution in [3.8, 4) is 0 Å². The van der Waals surface area contributed by atoms with Crippen molar-refractivity contribution in [3.05, 3.63) is 0 Å². The molecule has 2 nitrogen and oxygen atoms in total. The summed E-state index contributed by atoms with van der Waals surface area (Å²) in [5.41, 5.74) is 3.69. The summed E-state index contributed by atoms with van der Waals surface area (Å²) in [4.78, 5) is 0. The van der Waals surface area contributed by atoms with Gasteiger partial charge in [-0.05, 0) is 12.8 Å². The zero-order chi connectivity index (χ0) is 8.48. The van der Waals surface area contributed by atoms with E-state index in [9.17, 15) is 13.9 Å². The Morgan fingerprint density at radius 1 is 1.50 bits per heavy atom. The summed E-state index contributed by atoms with van der Waals surface area (Å²) in [6, 6.07) is 0. The fourth-order valence-electron chi connectivity index (χ4n) is 1.35. The number of nitrogens with two attached hydrogens (primary N) is 1. The molecule has 3 N–H and O–H groups in total. The summed E-state index contributed by atoms with van der Waals surface area (Å²) in [7, 11) is 0. The van der Waals surface area contributed by atoms with Gasteiger partial charge in [0, 0.05) is 13.0 Å². The molecule has 0 bridgehead atoms. The van der Waals surface area contributed by atoms with Gasteiger partial charge in [0.2, 0.25) is 0 Å². The van der Waals surface area contributed by atoms with E-state index >= 15 is 0 Å². The van der Waals surface area contributed by atoms with E-state index in [4.69, 9.17) is 5.73 Å². The van der Waals surface area contributed by atoms with Gasteiger partial charge in [-0.3, -0.25) is 0 Å². The summed E-state index contributed by atoms with van der Waals surface area (Å²) < 4.78 is 25.4. The molecule has 0 radical (unpaired) electrons. The molecule has 3 atom stereocenters. The minimum Gasteiger partial charge on any atom is -0.386 e. The van der Waals surface area contributed by atoms with Gasteiger partial charge >= 0.3 is 0 Å². The minimum absolute atomic E-state index is 0. The smallest absolute Gasteiger partial charge is 0.133 e. The van der Waals surface area contributed by atoms with Crippen molar-refractivity contribution in [1.29, 1.82) is 0 Å². The number of rotatable bonds is 1. The lowest BCUT2D eigenvalue weighted by Crippen LogP contribution is -2.50. The lowest BCUT2D eigenvalue weighted by Gasteiger charge is -2.35. The molecule has 0 amide bonds. The van der Waals surface area contributed by atoms with Crippen LogP contribution in [0.1, 0.15) is 19.3 Å². The van der Waals surface area contributed by atoms with Gasteiger partial charge in [-0.2, -0.15) is 0 Å². The van der Waals surface area contributed by atoms with Crippen molar-refractivity contribution in [3.63, 3.8) is 0 Å². The maximum Gasteiger partial charge on any atom is 0.133 e. The van der Waals surface area contributed by atoms with Gasteiger partial charge in [0.15, 0.2) is 0 Å². The molecule has 0 aromatic rings. The van der Waals surface area contributed by atoms with Crippen molar-refractivity contribution in [2.45, 2.75) is 37.2 Å². The van der Waals surface area contributed by atoms with Crippen LogP contribution in [0.4, 0.5) is 8.78 Å². The third kappa shape index (κ3) is 2.28. The Morgan fingerprint density at radius 3 is 2.50 bits per heavy atom. The van der Waals surface area contributed by atoms with Gasteiger partial charge in [-0.15, -0.1) is 12.4 Å². The van der Waals surface area contributed by atoms with E-state index in [1.54, 1.807) is 0 Å². The maximum absolute atomic E-state index is 12.9. The van der Waals surface area contributed by atoms with Crippen molar-refractivity contribution in [2.75, 3.05) is 6.54 Å². The first-order valence-corrected chi connectivity index (χ1v) is 3.79. The molecule has 1 aliphatic rings. The second kappa shape index (κ2) is 4.35. The Balaban J connectivity index is 0.00000121. The number of alkyl halides is 2. The van der Waals surface area contributed by atoms with E-state index < -0.39 is 17.9 Å². The highest BCUT2D eigenvalue weighted by molar-refractivity contribution is 5.85. The molecule has 5 heteroatoms. The molecule has 74 valence electrons. The zero-order valence-corrected chi connectivity index (χ0v) is 7.49. The van der Waals surface area contributed by atoms with Gasteiger partial charge in [0.25, 0.3) is 0 Å². The van der Waals surface area contributed by atoms with Gasteiger partial charge in [0.05, 0.1) is 0 Å². The highest BCUT2D eigenvalue weighted by atomic mass is 35.5. The van der Waals surface area contributed by atoms with Crippen LogP contribution in [0.5, 0.6) is 0 Å². The Kier molecular flexibility index (Phi) is 4.37. The van der Waals surface area contributed by atoms with Crippen LogP contribution in [0, 0.1) is 0 Å². The zero-order valence-electron chi connectivity index (χ0n) is 6.67. The van der Waals surface area contributed by atoms with Crippen LogP contribution in [-0.4, -0.2) is 29.6 Å². The van der Waals surface area contributed by atoms with Crippen molar-refractivity contribution < 1.29 is 13.9 Å². The summed E-state index contributed by atoms with van der Waals surface area (Å²) in [6.07, 6.45) is -2.48. The molecule has 0 aliphatic heterocycles. The van der Waals surface area contributed by atoms with E-state index in [0.29, 0.717) is 0 Å². The van der Waals surface area contributed by atoms with Crippen LogP contribution in [0.15, 0.2) is 0 Å². The Hall–Kier alpha value is 0.0700. The summed E-state index contributed by atoms with van der Waals surface area (Å²) in [6.45, 7) is -0.124. The van der Waals surface area contributed by atoms with Crippen molar-refractivity contribution in [1.82, 2.24) is 0 Å². The molecular formula is C7H14ClF2NO. The lowest BCUT2D eigenvalue weighted by atomic mass is 9.82. The third-order valence-corrected chi connectivity index (χ3v) is 2.29. The summed E-state index contributed by atoms with van der Waals surface area (Å²) in [5.74, 6) is 0. The van der Waals surface area contributed by atoms with Crippen molar-refractivity contribution >= 4 is 12.4 Å². The predicted octanol–water partition coefficient (Wildman–Crippen LogP) is 0.958. The van der Waals surface area contributed by atoms with Gasteiger partial charge in [0.1, 0.15) is 17.9 Å². The number of aliphatic hydroxyl groups is 1. The highest BCUT2D eigenvalue weighted by Gasteiger charge is 2.41. The average Bonchev–Trinajstić information content (AvgIpc) is 1.98. The molecule has 0 spiro atoms. The number of hydrogen-bond donors (Lipinski definition) is 2. The summed E-state index contributed by atoms with van der Waals surface area (Å²) in [5, 5.41) is 9.40. The van der Waals surface area contributed by atoms with Crippen LogP contribution in [-0.2, 0) is 0 Å². The van der Waals surface area contributed by atoms with Crippen LogP contribution in [0.25, 0.3) is 0 Å². The Bertz CT molecular complexity index is 149. The van der Waals surface area contributed by atoms with Gasteiger partial charge in [-0.25, -0.2) is 8.78 Å². The van der Waals surface area contributed by atoms with Gasteiger partial charge in [-0.1, -0.05) is 0 Å². The molecule has 0 aromatic carbocycles. The fraction of sp³-hybridized carbons (Fsp3) is 1.00. The van der Waals surface area contributed by atoms with E-state index in [0.717, 1.165) is 0 Å². The number of hydrogen-bond acceptors (Lipinski definition) is 2. The second-order valence-electron chi connectivity index (χ2n) is 3.15. The quantitative estimate of drug-likeness (QED) is 0.664. The van der Waals surface area contributed by atoms with E-state index in [2.05, 4.69) is 0 Å². The fourth-order valence-corrected chi connectivity index (χ4v) is 1.35. The SMILES string of the molecule is Cl.NCC1(O)CCC(F)CC1F. The standard InChI is InChI=1S/C7H13F2NO.ClH/c8-5-1-2-7(11,4-10)6(9)3-5;/h5-6,11H,1-4,10H2;1H. The predicted molar refractivity (Wildman–Crippen MR) is 44.9 cm³/mol. The monoisotopic (exact) mass is 201 g/mol. The van der Waals surface area contributed by atoms with Crippen LogP contribution in [0.2, 0.25) is 0 Å². The molecule has 3 unspecified atom stereocenters. The first-order valence-electron chi connectivity index (χ1n) is 3.79. The lowest BCUT2D eigenvalue weighted by molar-refractivity contribution is -0.0720. The molecule has 1 aliphatic carbocycles. The van der Waals surface area contributed by atoms with Gasteiger partial charge < -0.3 is 10.8 Å². The normalized spacial score (nSPS) is 42.0. The molecule has 0 heterocycles. The molecule has 12 heavy (non-hydrogen) atoms. The van der Waals surface area contributed by atoms with Crippen LogP contribution >= 0.6 is 12.4 Å². The largest absolute Gasteiger partial charge is 0.386 e. The van der Waals surface area contributed by atoms with Crippen molar-refractivity contribution in [2.24, 2.45) is 5.73 Å². The van der Waals surface area contributed by atoms with Crippen LogP contribution < -0.4 is 5.73 Å².